The molecular formula is C11H16N2O. The molecule has 0 aliphatic carbocycles. The lowest BCUT2D eigenvalue weighted by molar-refractivity contribution is 0.259. The van der Waals surface area contributed by atoms with Gasteiger partial charge in [-0.05, 0) is 30.0 Å². The summed E-state index contributed by atoms with van der Waals surface area (Å²) in [6.45, 7) is 4.33. The lowest BCUT2D eigenvalue weighted by Crippen LogP contribution is -2.19. The monoisotopic (exact) mass is 192 g/mol. The first-order valence-electron chi connectivity index (χ1n) is 4.80. The van der Waals surface area contributed by atoms with Crippen LogP contribution in [0.25, 0.3) is 0 Å². The van der Waals surface area contributed by atoms with E-state index in [9.17, 15) is 4.79 Å². The Hall–Kier alpha value is -1.51. The van der Waals surface area contributed by atoms with Crippen LogP contribution in [-0.4, -0.2) is 6.03 Å². The standard InChI is InChI=1S/C11H16N2O/c1-3-8(2)9-4-6-10(7-5-9)13-11(12)14/h4-8H,3H2,1-2H3,(H3,12,13,14). The number of amides is 2. The summed E-state index contributed by atoms with van der Waals surface area (Å²) in [7, 11) is 0. The summed E-state index contributed by atoms with van der Waals surface area (Å²) in [4.78, 5) is 10.6. The number of urea groups is 1. The summed E-state index contributed by atoms with van der Waals surface area (Å²) in [6, 6.07) is 7.23. The molecular weight excluding hydrogens is 176 g/mol. The van der Waals surface area contributed by atoms with Gasteiger partial charge in [-0.15, -0.1) is 0 Å². The van der Waals surface area contributed by atoms with Crippen LogP contribution in [-0.2, 0) is 0 Å². The maximum absolute atomic E-state index is 10.6. The Kier molecular flexibility index (Phi) is 3.51. The van der Waals surface area contributed by atoms with Crippen molar-refractivity contribution in [2.45, 2.75) is 26.2 Å². The third-order valence-corrected chi connectivity index (χ3v) is 2.36. The number of anilines is 1. The minimum absolute atomic E-state index is 0.527. The Balaban J connectivity index is 2.73. The van der Waals surface area contributed by atoms with E-state index in [0.29, 0.717) is 5.92 Å². The number of carbonyl (C=O) groups excluding carboxylic acids is 1. The molecule has 0 aliphatic rings. The van der Waals surface area contributed by atoms with Crippen molar-refractivity contribution in [1.82, 2.24) is 0 Å². The Morgan fingerprint density at radius 1 is 1.43 bits per heavy atom. The third-order valence-electron chi connectivity index (χ3n) is 2.36. The molecule has 0 fully saturated rings. The lowest BCUT2D eigenvalue weighted by Gasteiger charge is -2.09. The van der Waals surface area contributed by atoms with E-state index in [-0.39, 0.29) is 0 Å². The van der Waals surface area contributed by atoms with Crippen LogP contribution in [0.3, 0.4) is 0 Å². The van der Waals surface area contributed by atoms with Gasteiger partial charge in [0.05, 0.1) is 0 Å². The zero-order valence-corrected chi connectivity index (χ0v) is 8.58. The van der Waals surface area contributed by atoms with Gasteiger partial charge in [-0.1, -0.05) is 26.0 Å². The molecule has 0 saturated carbocycles. The normalized spacial score (nSPS) is 12.1. The molecule has 3 nitrogen and oxygen atoms in total. The van der Waals surface area contributed by atoms with Crippen LogP contribution in [0.4, 0.5) is 10.5 Å². The summed E-state index contributed by atoms with van der Waals surface area (Å²) >= 11 is 0. The number of benzene rings is 1. The fourth-order valence-electron chi connectivity index (χ4n) is 1.27. The Bertz CT molecular complexity index is 306. The highest BCUT2D eigenvalue weighted by Gasteiger charge is 2.02. The van der Waals surface area contributed by atoms with Gasteiger partial charge in [-0.3, -0.25) is 0 Å². The van der Waals surface area contributed by atoms with Crippen LogP contribution in [0.1, 0.15) is 31.7 Å². The van der Waals surface area contributed by atoms with Gasteiger partial charge in [0.25, 0.3) is 0 Å². The molecule has 0 spiro atoms. The second-order valence-corrected chi connectivity index (χ2v) is 3.42. The highest BCUT2D eigenvalue weighted by molar-refractivity contribution is 5.87. The molecule has 14 heavy (non-hydrogen) atoms. The number of rotatable bonds is 3. The van der Waals surface area contributed by atoms with E-state index in [1.807, 2.05) is 24.3 Å². The Labute approximate surface area is 84.3 Å². The van der Waals surface area contributed by atoms with E-state index in [0.717, 1.165) is 12.1 Å². The number of nitrogens with one attached hydrogen (secondary N) is 1. The number of primary amides is 1. The van der Waals surface area contributed by atoms with Gasteiger partial charge >= 0.3 is 6.03 Å². The highest BCUT2D eigenvalue weighted by atomic mass is 16.2. The molecule has 0 saturated heterocycles. The first kappa shape index (κ1) is 10.6. The van der Waals surface area contributed by atoms with Gasteiger partial charge in [-0.25, -0.2) is 4.79 Å². The van der Waals surface area contributed by atoms with Gasteiger partial charge in [-0.2, -0.15) is 0 Å². The zero-order chi connectivity index (χ0) is 10.6. The average Bonchev–Trinajstić information content (AvgIpc) is 2.17. The average molecular weight is 192 g/mol. The van der Waals surface area contributed by atoms with Crippen LogP contribution >= 0.6 is 0 Å². The van der Waals surface area contributed by atoms with Gasteiger partial charge in [0.1, 0.15) is 0 Å². The molecule has 0 aliphatic heterocycles. The van der Waals surface area contributed by atoms with Crippen LogP contribution < -0.4 is 11.1 Å². The smallest absolute Gasteiger partial charge is 0.316 e. The summed E-state index contributed by atoms with van der Waals surface area (Å²) in [5.74, 6) is 0.553. The molecule has 0 radical (unpaired) electrons. The number of nitrogens with two attached hydrogens (primary N) is 1. The molecule has 1 atom stereocenters. The van der Waals surface area contributed by atoms with Gasteiger partial charge in [0.2, 0.25) is 0 Å². The summed E-state index contributed by atoms with van der Waals surface area (Å²) in [5.41, 5.74) is 7.02. The highest BCUT2D eigenvalue weighted by Crippen LogP contribution is 2.20. The van der Waals surface area contributed by atoms with Gasteiger partial charge in [0, 0.05) is 5.69 Å². The quantitative estimate of drug-likeness (QED) is 0.760. The SMILES string of the molecule is CCC(C)c1ccc(NC(N)=O)cc1. The number of hydrogen-bond donors (Lipinski definition) is 2. The number of carbonyl (C=O) groups is 1. The van der Waals surface area contributed by atoms with Crippen LogP contribution in [0.5, 0.6) is 0 Å². The Morgan fingerprint density at radius 3 is 2.43 bits per heavy atom. The molecule has 1 rings (SSSR count). The van der Waals surface area contributed by atoms with Gasteiger partial charge < -0.3 is 11.1 Å². The fourth-order valence-corrected chi connectivity index (χ4v) is 1.27. The zero-order valence-electron chi connectivity index (χ0n) is 8.58. The predicted molar refractivity (Wildman–Crippen MR) is 58.4 cm³/mol. The largest absolute Gasteiger partial charge is 0.351 e. The molecule has 0 aromatic heterocycles. The minimum atomic E-state index is -0.527. The molecule has 1 aromatic rings. The second kappa shape index (κ2) is 4.65. The molecule has 76 valence electrons. The van der Waals surface area contributed by atoms with Crippen molar-refractivity contribution >= 4 is 11.7 Å². The minimum Gasteiger partial charge on any atom is -0.351 e. The van der Waals surface area contributed by atoms with Crippen LogP contribution in [0, 0.1) is 0 Å². The summed E-state index contributed by atoms with van der Waals surface area (Å²) in [6.07, 6.45) is 1.11. The molecule has 0 bridgehead atoms. The van der Waals surface area contributed by atoms with Crippen molar-refractivity contribution in [3.63, 3.8) is 0 Å². The van der Waals surface area contributed by atoms with Crippen molar-refractivity contribution < 1.29 is 4.79 Å². The van der Waals surface area contributed by atoms with Crippen molar-refractivity contribution in [3.05, 3.63) is 29.8 Å². The molecule has 0 heterocycles. The van der Waals surface area contributed by atoms with E-state index < -0.39 is 6.03 Å². The molecule has 1 unspecified atom stereocenters. The molecule has 2 amide bonds. The van der Waals surface area contributed by atoms with E-state index in [1.165, 1.54) is 5.56 Å². The summed E-state index contributed by atoms with van der Waals surface area (Å²) < 4.78 is 0. The van der Waals surface area contributed by atoms with Crippen molar-refractivity contribution in [2.75, 3.05) is 5.32 Å². The second-order valence-electron chi connectivity index (χ2n) is 3.42. The fraction of sp³-hybridized carbons (Fsp3) is 0.364. The van der Waals surface area contributed by atoms with Crippen LogP contribution in [0.2, 0.25) is 0 Å². The molecule has 1 aromatic carbocycles. The lowest BCUT2D eigenvalue weighted by atomic mass is 9.99. The Morgan fingerprint density at radius 2 is 2.00 bits per heavy atom. The summed E-state index contributed by atoms with van der Waals surface area (Å²) in [5, 5.41) is 2.53. The molecule has 3 heteroatoms. The van der Waals surface area contributed by atoms with E-state index in [1.54, 1.807) is 0 Å². The first-order valence-corrected chi connectivity index (χ1v) is 4.80. The van der Waals surface area contributed by atoms with Crippen molar-refractivity contribution in [3.8, 4) is 0 Å². The van der Waals surface area contributed by atoms with E-state index in [2.05, 4.69) is 19.2 Å². The third kappa shape index (κ3) is 2.76. The maximum Gasteiger partial charge on any atom is 0.316 e. The topological polar surface area (TPSA) is 55.1 Å². The van der Waals surface area contributed by atoms with Crippen molar-refractivity contribution in [2.24, 2.45) is 5.73 Å². The molecule has 3 N–H and O–H groups in total. The van der Waals surface area contributed by atoms with Gasteiger partial charge in [0.15, 0.2) is 0 Å². The number of hydrogen-bond acceptors (Lipinski definition) is 1. The van der Waals surface area contributed by atoms with Crippen molar-refractivity contribution in [1.29, 1.82) is 0 Å². The predicted octanol–water partition coefficient (Wildman–Crippen LogP) is 2.69. The van der Waals surface area contributed by atoms with E-state index in [4.69, 9.17) is 5.73 Å². The first-order chi connectivity index (χ1) is 6.63. The maximum atomic E-state index is 10.6. The van der Waals surface area contributed by atoms with E-state index >= 15 is 0 Å². The van der Waals surface area contributed by atoms with Crippen LogP contribution in [0.15, 0.2) is 24.3 Å².